The van der Waals surface area contributed by atoms with Crippen LogP contribution in [0.25, 0.3) is 11.0 Å². The molecule has 0 spiro atoms. The average Bonchev–Trinajstić information content (AvgIpc) is 2.37. The SMILES string of the molecule is Clc1cc(Cl)cc(Cc2ccc3cccnc3n2)c1. The summed E-state index contributed by atoms with van der Waals surface area (Å²) < 4.78 is 0. The molecule has 0 N–H and O–H groups in total. The van der Waals surface area contributed by atoms with Crippen molar-refractivity contribution < 1.29 is 0 Å². The minimum Gasteiger partial charge on any atom is -0.237 e. The zero-order valence-electron chi connectivity index (χ0n) is 9.98. The van der Waals surface area contributed by atoms with Gasteiger partial charge in [-0.3, -0.25) is 0 Å². The Hall–Kier alpha value is -1.64. The Balaban J connectivity index is 1.96. The third-order valence-electron chi connectivity index (χ3n) is 2.83. The Morgan fingerprint density at radius 1 is 0.947 bits per heavy atom. The van der Waals surface area contributed by atoms with Gasteiger partial charge in [-0.15, -0.1) is 0 Å². The molecule has 0 atom stereocenters. The number of pyridine rings is 2. The Kier molecular flexibility index (Phi) is 3.36. The maximum atomic E-state index is 5.99. The summed E-state index contributed by atoms with van der Waals surface area (Å²) in [6.07, 6.45) is 2.43. The van der Waals surface area contributed by atoms with Gasteiger partial charge in [0, 0.05) is 33.7 Å². The maximum Gasteiger partial charge on any atom is 0.159 e. The van der Waals surface area contributed by atoms with E-state index in [1.54, 1.807) is 12.3 Å². The first-order valence-electron chi connectivity index (χ1n) is 5.86. The molecule has 4 heteroatoms. The molecule has 0 radical (unpaired) electrons. The molecular weight excluding hydrogens is 279 g/mol. The summed E-state index contributed by atoms with van der Waals surface area (Å²) in [5.41, 5.74) is 2.75. The van der Waals surface area contributed by atoms with Crippen LogP contribution >= 0.6 is 23.2 Å². The molecule has 0 aliphatic carbocycles. The van der Waals surface area contributed by atoms with Gasteiger partial charge >= 0.3 is 0 Å². The Bertz CT molecular complexity index is 721. The van der Waals surface area contributed by atoms with E-state index >= 15 is 0 Å². The summed E-state index contributed by atoms with van der Waals surface area (Å²) in [4.78, 5) is 8.79. The molecule has 0 saturated heterocycles. The zero-order valence-corrected chi connectivity index (χ0v) is 11.5. The predicted octanol–water partition coefficient (Wildman–Crippen LogP) is 4.53. The van der Waals surface area contributed by atoms with Gasteiger partial charge in [-0.25, -0.2) is 9.97 Å². The van der Waals surface area contributed by atoms with Gasteiger partial charge in [0.2, 0.25) is 0 Å². The molecule has 0 aliphatic heterocycles. The van der Waals surface area contributed by atoms with E-state index in [2.05, 4.69) is 9.97 Å². The number of rotatable bonds is 2. The normalized spacial score (nSPS) is 10.8. The van der Waals surface area contributed by atoms with Gasteiger partial charge in [0.25, 0.3) is 0 Å². The molecule has 0 fully saturated rings. The molecule has 3 aromatic rings. The van der Waals surface area contributed by atoms with E-state index in [1.807, 2.05) is 36.4 Å². The van der Waals surface area contributed by atoms with Gasteiger partial charge in [0.1, 0.15) is 0 Å². The van der Waals surface area contributed by atoms with E-state index < -0.39 is 0 Å². The van der Waals surface area contributed by atoms with Crippen LogP contribution in [0, 0.1) is 0 Å². The number of aromatic nitrogens is 2. The van der Waals surface area contributed by atoms with Crippen molar-refractivity contribution >= 4 is 34.2 Å². The topological polar surface area (TPSA) is 25.8 Å². The van der Waals surface area contributed by atoms with E-state index in [-0.39, 0.29) is 0 Å². The van der Waals surface area contributed by atoms with Crippen LogP contribution in [0.5, 0.6) is 0 Å². The largest absolute Gasteiger partial charge is 0.237 e. The third-order valence-corrected chi connectivity index (χ3v) is 3.27. The van der Waals surface area contributed by atoms with Crippen LogP contribution in [-0.2, 0) is 6.42 Å². The van der Waals surface area contributed by atoms with Gasteiger partial charge in [0.15, 0.2) is 5.65 Å². The lowest BCUT2D eigenvalue weighted by molar-refractivity contribution is 1.08. The van der Waals surface area contributed by atoms with Crippen LogP contribution in [0.15, 0.2) is 48.7 Å². The first kappa shape index (κ1) is 12.4. The summed E-state index contributed by atoms with van der Waals surface area (Å²) in [5.74, 6) is 0. The predicted molar refractivity (Wildman–Crippen MR) is 78.8 cm³/mol. The standard InChI is InChI=1S/C15H10Cl2N2/c16-12-6-10(7-13(17)9-12)8-14-4-3-11-2-1-5-18-15(11)19-14/h1-7,9H,8H2. The zero-order chi connectivity index (χ0) is 13.2. The Morgan fingerprint density at radius 3 is 2.53 bits per heavy atom. The molecule has 0 aliphatic rings. The van der Waals surface area contributed by atoms with E-state index in [1.165, 1.54) is 0 Å². The summed E-state index contributed by atoms with van der Waals surface area (Å²) in [7, 11) is 0. The van der Waals surface area contributed by atoms with Crippen molar-refractivity contribution in [3.8, 4) is 0 Å². The van der Waals surface area contributed by atoms with Crippen molar-refractivity contribution in [1.29, 1.82) is 0 Å². The summed E-state index contributed by atoms with van der Waals surface area (Å²) in [5, 5.41) is 2.32. The highest BCUT2D eigenvalue weighted by Crippen LogP contribution is 2.21. The highest BCUT2D eigenvalue weighted by atomic mass is 35.5. The van der Waals surface area contributed by atoms with Crippen molar-refractivity contribution in [2.75, 3.05) is 0 Å². The molecule has 1 aromatic carbocycles. The molecule has 19 heavy (non-hydrogen) atoms. The Morgan fingerprint density at radius 2 is 1.74 bits per heavy atom. The molecule has 2 nitrogen and oxygen atoms in total. The van der Waals surface area contributed by atoms with E-state index in [4.69, 9.17) is 23.2 Å². The van der Waals surface area contributed by atoms with Crippen LogP contribution < -0.4 is 0 Å². The molecule has 2 heterocycles. The summed E-state index contributed by atoms with van der Waals surface area (Å²) in [6, 6.07) is 13.4. The quantitative estimate of drug-likeness (QED) is 0.692. The van der Waals surface area contributed by atoms with E-state index in [9.17, 15) is 0 Å². The fraction of sp³-hybridized carbons (Fsp3) is 0.0667. The second kappa shape index (κ2) is 5.16. The minimum atomic E-state index is 0.640. The van der Waals surface area contributed by atoms with Crippen LogP contribution in [0.4, 0.5) is 0 Å². The number of fused-ring (bicyclic) bond motifs is 1. The minimum absolute atomic E-state index is 0.640. The molecule has 0 unspecified atom stereocenters. The summed E-state index contributed by atoms with van der Waals surface area (Å²) >= 11 is 12.0. The lowest BCUT2D eigenvalue weighted by Crippen LogP contribution is -1.94. The van der Waals surface area contributed by atoms with Crippen LogP contribution in [0.1, 0.15) is 11.3 Å². The van der Waals surface area contributed by atoms with Gasteiger partial charge in [-0.05, 0) is 48.0 Å². The highest BCUT2D eigenvalue weighted by molar-refractivity contribution is 6.34. The fourth-order valence-corrected chi connectivity index (χ4v) is 2.58. The number of hydrogen-bond donors (Lipinski definition) is 0. The lowest BCUT2D eigenvalue weighted by atomic mass is 10.1. The van der Waals surface area contributed by atoms with Crippen molar-refractivity contribution in [3.63, 3.8) is 0 Å². The molecule has 2 aromatic heterocycles. The first-order valence-corrected chi connectivity index (χ1v) is 6.62. The number of hydrogen-bond acceptors (Lipinski definition) is 2. The van der Waals surface area contributed by atoms with Gasteiger partial charge in [0.05, 0.1) is 0 Å². The van der Waals surface area contributed by atoms with Crippen molar-refractivity contribution in [2.24, 2.45) is 0 Å². The van der Waals surface area contributed by atoms with Gasteiger partial charge in [-0.2, -0.15) is 0 Å². The lowest BCUT2D eigenvalue weighted by Gasteiger charge is -2.04. The van der Waals surface area contributed by atoms with Gasteiger partial charge < -0.3 is 0 Å². The molecule has 94 valence electrons. The van der Waals surface area contributed by atoms with E-state index in [0.29, 0.717) is 16.5 Å². The molecule has 0 saturated carbocycles. The monoisotopic (exact) mass is 288 g/mol. The number of benzene rings is 1. The van der Waals surface area contributed by atoms with Crippen molar-refractivity contribution in [2.45, 2.75) is 6.42 Å². The molecule has 0 amide bonds. The second-order valence-corrected chi connectivity index (χ2v) is 5.18. The van der Waals surface area contributed by atoms with E-state index in [0.717, 1.165) is 22.3 Å². The second-order valence-electron chi connectivity index (χ2n) is 4.31. The fourth-order valence-electron chi connectivity index (χ4n) is 2.01. The average molecular weight is 289 g/mol. The molecule has 0 bridgehead atoms. The van der Waals surface area contributed by atoms with Crippen molar-refractivity contribution in [3.05, 3.63) is 70.0 Å². The summed E-state index contributed by atoms with van der Waals surface area (Å²) in [6.45, 7) is 0. The van der Waals surface area contributed by atoms with Crippen LogP contribution in [0.3, 0.4) is 0 Å². The van der Waals surface area contributed by atoms with Gasteiger partial charge in [-0.1, -0.05) is 23.2 Å². The van der Waals surface area contributed by atoms with Crippen molar-refractivity contribution in [1.82, 2.24) is 9.97 Å². The molecule has 3 rings (SSSR count). The first-order chi connectivity index (χ1) is 9.20. The smallest absolute Gasteiger partial charge is 0.159 e. The van der Waals surface area contributed by atoms with Crippen LogP contribution in [0.2, 0.25) is 10.0 Å². The van der Waals surface area contributed by atoms with Crippen LogP contribution in [-0.4, -0.2) is 9.97 Å². The number of nitrogens with zero attached hydrogens (tertiary/aromatic N) is 2. The number of halogens is 2. The third kappa shape index (κ3) is 2.86. The maximum absolute atomic E-state index is 5.99. The Labute approximate surface area is 121 Å². The highest BCUT2D eigenvalue weighted by Gasteiger charge is 2.03. The molecular formula is C15H10Cl2N2.